The summed E-state index contributed by atoms with van der Waals surface area (Å²) < 4.78 is 11.0. The van der Waals surface area contributed by atoms with Gasteiger partial charge in [-0.2, -0.15) is 0 Å². The van der Waals surface area contributed by atoms with E-state index < -0.39 is 0 Å². The highest BCUT2D eigenvalue weighted by Gasteiger charge is 2.17. The molecule has 8 nitrogen and oxygen atoms in total. The van der Waals surface area contributed by atoms with Crippen molar-refractivity contribution in [3.63, 3.8) is 0 Å². The van der Waals surface area contributed by atoms with E-state index in [9.17, 15) is 4.79 Å². The molecule has 28 heavy (non-hydrogen) atoms. The van der Waals surface area contributed by atoms with E-state index in [4.69, 9.17) is 9.15 Å². The molecule has 0 saturated carbocycles. The van der Waals surface area contributed by atoms with E-state index in [1.807, 2.05) is 36.4 Å². The van der Waals surface area contributed by atoms with Crippen LogP contribution in [0.1, 0.15) is 0 Å². The molecule has 3 aromatic rings. The number of thioether (sulfide) groups is 1. The molecule has 9 heteroatoms. The Balaban J connectivity index is 1.36. The Bertz CT molecular complexity index is 928. The Morgan fingerprint density at radius 1 is 1.11 bits per heavy atom. The number of para-hydroxylation sites is 2. The number of benzene rings is 1. The van der Waals surface area contributed by atoms with Crippen LogP contribution in [-0.2, 0) is 9.53 Å². The van der Waals surface area contributed by atoms with Gasteiger partial charge in [-0.1, -0.05) is 30.0 Å². The average molecular weight is 397 g/mol. The maximum Gasteiger partial charge on any atom is 0.277 e. The number of aromatic nitrogens is 3. The van der Waals surface area contributed by atoms with Gasteiger partial charge >= 0.3 is 0 Å². The molecule has 4 rings (SSSR count). The molecular formula is C19H19N5O3S. The van der Waals surface area contributed by atoms with E-state index in [-0.39, 0.29) is 11.7 Å². The van der Waals surface area contributed by atoms with Gasteiger partial charge in [0.25, 0.3) is 11.1 Å². The highest BCUT2D eigenvalue weighted by atomic mass is 32.2. The van der Waals surface area contributed by atoms with Gasteiger partial charge < -0.3 is 19.4 Å². The van der Waals surface area contributed by atoms with Crippen molar-refractivity contribution < 1.29 is 13.9 Å². The van der Waals surface area contributed by atoms with Crippen molar-refractivity contribution in [2.75, 3.05) is 42.3 Å². The Morgan fingerprint density at radius 2 is 1.93 bits per heavy atom. The molecule has 1 aliphatic heterocycles. The van der Waals surface area contributed by atoms with E-state index in [0.29, 0.717) is 30.0 Å². The third-order valence-electron chi connectivity index (χ3n) is 4.15. The van der Waals surface area contributed by atoms with Gasteiger partial charge in [0.1, 0.15) is 5.69 Å². The van der Waals surface area contributed by atoms with Crippen LogP contribution in [0.4, 0.5) is 11.4 Å². The van der Waals surface area contributed by atoms with E-state index in [2.05, 4.69) is 25.4 Å². The van der Waals surface area contributed by atoms with Crippen molar-refractivity contribution in [2.45, 2.75) is 5.22 Å². The summed E-state index contributed by atoms with van der Waals surface area (Å²) in [5.41, 5.74) is 2.39. The number of carbonyl (C=O) groups is 1. The molecule has 1 saturated heterocycles. The Kier molecular flexibility index (Phi) is 5.83. The van der Waals surface area contributed by atoms with Gasteiger partial charge in [-0.25, -0.2) is 0 Å². The van der Waals surface area contributed by atoms with Crippen LogP contribution in [0.2, 0.25) is 0 Å². The quantitative estimate of drug-likeness (QED) is 0.635. The van der Waals surface area contributed by atoms with E-state index in [1.165, 1.54) is 11.8 Å². The maximum atomic E-state index is 12.4. The number of nitrogens with zero attached hydrogens (tertiary/aromatic N) is 4. The molecular weight excluding hydrogens is 378 g/mol. The average Bonchev–Trinajstić information content (AvgIpc) is 3.23. The third kappa shape index (κ3) is 4.49. The Hall–Kier alpha value is -2.91. The van der Waals surface area contributed by atoms with Crippen LogP contribution in [0.5, 0.6) is 0 Å². The summed E-state index contributed by atoms with van der Waals surface area (Å²) in [5, 5.41) is 11.2. The van der Waals surface area contributed by atoms with Crippen molar-refractivity contribution in [2.24, 2.45) is 0 Å². The minimum absolute atomic E-state index is 0.136. The molecule has 3 heterocycles. The van der Waals surface area contributed by atoms with Crippen LogP contribution < -0.4 is 10.2 Å². The molecule has 0 spiro atoms. The highest BCUT2D eigenvalue weighted by Crippen LogP contribution is 2.27. The largest absolute Gasteiger partial charge is 0.410 e. The highest BCUT2D eigenvalue weighted by molar-refractivity contribution is 7.99. The number of hydrogen-bond donors (Lipinski definition) is 1. The van der Waals surface area contributed by atoms with Gasteiger partial charge in [-0.05, 0) is 24.3 Å². The van der Waals surface area contributed by atoms with Crippen molar-refractivity contribution in [1.82, 2.24) is 15.2 Å². The molecule has 0 atom stereocenters. The van der Waals surface area contributed by atoms with Crippen molar-refractivity contribution in [1.29, 1.82) is 0 Å². The molecule has 1 aliphatic rings. The van der Waals surface area contributed by atoms with Gasteiger partial charge in [-0.3, -0.25) is 9.78 Å². The first kappa shape index (κ1) is 18.5. The van der Waals surface area contributed by atoms with Crippen molar-refractivity contribution in [3.8, 4) is 11.6 Å². The lowest BCUT2D eigenvalue weighted by Crippen LogP contribution is -2.36. The number of ether oxygens (including phenoxy) is 1. The molecule has 1 N–H and O–H groups in total. The molecule has 144 valence electrons. The fourth-order valence-electron chi connectivity index (χ4n) is 2.83. The second kappa shape index (κ2) is 8.85. The van der Waals surface area contributed by atoms with Crippen LogP contribution in [0.3, 0.4) is 0 Å². The van der Waals surface area contributed by atoms with Crippen LogP contribution in [0, 0.1) is 0 Å². The fourth-order valence-corrected chi connectivity index (χ4v) is 3.40. The summed E-state index contributed by atoms with van der Waals surface area (Å²) in [5.74, 6) is 0.367. The lowest BCUT2D eigenvalue weighted by molar-refractivity contribution is -0.113. The number of amides is 1. The molecule has 1 amide bonds. The first-order chi connectivity index (χ1) is 13.8. The number of nitrogens with one attached hydrogen (secondary N) is 1. The number of rotatable bonds is 6. The lowest BCUT2D eigenvalue weighted by atomic mass is 10.2. The molecule has 0 bridgehead atoms. The fraction of sp³-hybridized carbons (Fsp3) is 0.263. The van der Waals surface area contributed by atoms with Crippen molar-refractivity contribution in [3.05, 3.63) is 48.7 Å². The number of hydrogen-bond acceptors (Lipinski definition) is 8. The first-order valence-electron chi connectivity index (χ1n) is 8.89. The number of anilines is 2. The Labute approximate surface area is 166 Å². The number of morpholine rings is 1. The molecule has 0 unspecified atom stereocenters. The summed E-state index contributed by atoms with van der Waals surface area (Å²) in [6.07, 6.45) is 1.66. The minimum atomic E-state index is -0.136. The monoisotopic (exact) mass is 397 g/mol. The summed E-state index contributed by atoms with van der Waals surface area (Å²) >= 11 is 1.19. The summed E-state index contributed by atoms with van der Waals surface area (Å²) in [6, 6.07) is 13.2. The van der Waals surface area contributed by atoms with Crippen molar-refractivity contribution >= 4 is 29.0 Å². The van der Waals surface area contributed by atoms with Crippen LogP contribution in [0.25, 0.3) is 11.6 Å². The van der Waals surface area contributed by atoms with Crippen LogP contribution in [0.15, 0.2) is 58.3 Å². The second-order valence-corrected chi connectivity index (χ2v) is 6.97. The zero-order valence-corrected chi connectivity index (χ0v) is 15.9. The standard InChI is InChI=1S/C19H19N5O3S/c25-17(13-28-19-23-22-18(27-19)15-6-3-4-8-20-15)21-14-5-1-2-7-16(14)24-9-11-26-12-10-24/h1-8H,9-13H2,(H,21,25). The van der Waals surface area contributed by atoms with E-state index in [0.717, 1.165) is 24.5 Å². The maximum absolute atomic E-state index is 12.4. The molecule has 1 aromatic carbocycles. The second-order valence-electron chi connectivity index (χ2n) is 6.04. The smallest absolute Gasteiger partial charge is 0.277 e. The predicted octanol–water partition coefficient (Wildman–Crippen LogP) is 2.70. The lowest BCUT2D eigenvalue weighted by Gasteiger charge is -2.30. The SMILES string of the molecule is O=C(CSc1nnc(-c2ccccn2)o1)Nc1ccccc1N1CCOCC1. The van der Waals surface area contributed by atoms with Gasteiger partial charge in [0.15, 0.2) is 0 Å². The number of carbonyl (C=O) groups excluding carboxylic acids is 1. The number of pyridine rings is 1. The third-order valence-corrected chi connectivity index (χ3v) is 4.97. The minimum Gasteiger partial charge on any atom is -0.410 e. The summed E-state index contributed by atoms with van der Waals surface area (Å²) in [7, 11) is 0. The topological polar surface area (TPSA) is 93.4 Å². The molecule has 2 aromatic heterocycles. The molecule has 1 fully saturated rings. The molecule has 0 aliphatic carbocycles. The van der Waals surface area contributed by atoms with Crippen LogP contribution in [-0.4, -0.2) is 53.1 Å². The van der Waals surface area contributed by atoms with E-state index >= 15 is 0 Å². The predicted molar refractivity (Wildman–Crippen MR) is 106 cm³/mol. The van der Waals surface area contributed by atoms with Gasteiger partial charge in [-0.15, -0.1) is 10.2 Å². The van der Waals surface area contributed by atoms with Gasteiger partial charge in [0.2, 0.25) is 5.91 Å². The Morgan fingerprint density at radius 3 is 2.75 bits per heavy atom. The molecule has 0 radical (unpaired) electrons. The van der Waals surface area contributed by atoms with Crippen LogP contribution >= 0.6 is 11.8 Å². The zero-order chi connectivity index (χ0) is 19.2. The van der Waals surface area contributed by atoms with Gasteiger partial charge in [0.05, 0.1) is 30.3 Å². The van der Waals surface area contributed by atoms with Gasteiger partial charge in [0, 0.05) is 19.3 Å². The zero-order valence-electron chi connectivity index (χ0n) is 15.1. The first-order valence-corrected chi connectivity index (χ1v) is 9.87. The normalized spacial score (nSPS) is 14.1. The van der Waals surface area contributed by atoms with E-state index in [1.54, 1.807) is 12.3 Å². The summed E-state index contributed by atoms with van der Waals surface area (Å²) in [4.78, 5) is 18.8. The summed E-state index contributed by atoms with van der Waals surface area (Å²) in [6.45, 7) is 2.99.